The smallest absolute Gasteiger partial charge is 0.163 e. The van der Waals surface area contributed by atoms with E-state index in [2.05, 4.69) is 20.4 Å². The first-order valence-electron chi connectivity index (χ1n) is 6.34. The van der Waals surface area contributed by atoms with E-state index in [1.54, 1.807) is 25.1 Å². The maximum atomic E-state index is 5.26. The molecule has 108 valence electrons. The van der Waals surface area contributed by atoms with E-state index >= 15 is 0 Å². The van der Waals surface area contributed by atoms with Gasteiger partial charge in [-0.1, -0.05) is 0 Å². The summed E-state index contributed by atoms with van der Waals surface area (Å²) in [6.07, 6.45) is 3.23. The average molecular weight is 285 g/mol. The fourth-order valence-electron chi connectivity index (χ4n) is 2.08. The van der Waals surface area contributed by atoms with Gasteiger partial charge in [0, 0.05) is 30.9 Å². The van der Waals surface area contributed by atoms with Crippen LogP contribution in [0.2, 0.25) is 0 Å². The van der Waals surface area contributed by atoms with E-state index in [-0.39, 0.29) is 0 Å². The van der Waals surface area contributed by atoms with E-state index in [1.807, 2.05) is 25.2 Å². The molecule has 0 bridgehead atoms. The Labute approximate surface area is 121 Å². The molecule has 7 nitrogen and oxygen atoms in total. The van der Waals surface area contributed by atoms with Crippen molar-refractivity contribution >= 4 is 22.5 Å². The van der Waals surface area contributed by atoms with E-state index < -0.39 is 0 Å². The van der Waals surface area contributed by atoms with Crippen LogP contribution in [0.25, 0.3) is 11.0 Å². The highest BCUT2D eigenvalue weighted by molar-refractivity contribution is 5.88. The van der Waals surface area contributed by atoms with Crippen molar-refractivity contribution < 1.29 is 9.47 Å². The van der Waals surface area contributed by atoms with Gasteiger partial charge in [-0.05, 0) is 0 Å². The molecule has 0 radical (unpaired) electrons. The molecule has 0 amide bonds. The Morgan fingerprint density at radius 3 is 2.43 bits per heavy atom. The van der Waals surface area contributed by atoms with Gasteiger partial charge in [0.2, 0.25) is 0 Å². The van der Waals surface area contributed by atoms with Crippen molar-refractivity contribution in [1.29, 1.82) is 0 Å². The van der Waals surface area contributed by atoms with Crippen molar-refractivity contribution in [3.8, 4) is 11.5 Å². The summed E-state index contributed by atoms with van der Waals surface area (Å²) in [6.45, 7) is 0. The molecule has 1 N–H and O–H groups in total. The van der Waals surface area contributed by atoms with Crippen LogP contribution in [-0.4, -0.2) is 34.0 Å². The monoisotopic (exact) mass is 285 g/mol. The first-order valence-corrected chi connectivity index (χ1v) is 6.34. The van der Waals surface area contributed by atoms with E-state index in [1.165, 1.54) is 6.33 Å². The predicted octanol–water partition coefficient (Wildman–Crippen LogP) is 2.12. The lowest BCUT2D eigenvalue weighted by molar-refractivity contribution is 0.395. The van der Waals surface area contributed by atoms with Crippen LogP contribution in [0, 0.1) is 0 Å². The molecule has 1 aromatic carbocycles. The first kappa shape index (κ1) is 13.2. The summed E-state index contributed by atoms with van der Waals surface area (Å²) in [5, 5.41) is 8.28. The lowest BCUT2D eigenvalue weighted by atomic mass is 10.2. The molecule has 2 heterocycles. The van der Waals surface area contributed by atoms with Crippen LogP contribution in [0.3, 0.4) is 0 Å². The number of anilines is 2. The van der Waals surface area contributed by atoms with Crippen molar-refractivity contribution in [3.05, 3.63) is 30.7 Å². The lowest BCUT2D eigenvalue weighted by Crippen LogP contribution is -1.98. The number of fused-ring (bicyclic) bond motifs is 1. The van der Waals surface area contributed by atoms with Crippen molar-refractivity contribution in [2.75, 3.05) is 19.5 Å². The lowest BCUT2D eigenvalue weighted by Gasteiger charge is -2.10. The molecule has 2 aromatic heterocycles. The Morgan fingerprint density at radius 1 is 1.05 bits per heavy atom. The van der Waals surface area contributed by atoms with Gasteiger partial charge < -0.3 is 14.8 Å². The number of methoxy groups -OCH3 is 2. The maximum Gasteiger partial charge on any atom is 0.163 e. The molecular weight excluding hydrogens is 270 g/mol. The van der Waals surface area contributed by atoms with Gasteiger partial charge in [-0.15, -0.1) is 0 Å². The van der Waals surface area contributed by atoms with Gasteiger partial charge in [-0.3, -0.25) is 4.68 Å². The Hall–Kier alpha value is -2.83. The molecule has 21 heavy (non-hydrogen) atoms. The van der Waals surface area contributed by atoms with E-state index in [0.717, 1.165) is 16.7 Å². The second-order valence-electron chi connectivity index (χ2n) is 4.45. The fourth-order valence-corrected chi connectivity index (χ4v) is 2.08. The summed E-state index contributed by atoms with van der Waals surface area (Å²) in [4.78, 5) is 8.48. The number of aryl methyl sites for hydroxylation is 1. The summed E-state index contributed by atoms with van der Waals surface area (Å²) in [7, 11) is 5.07. The highest BCUT2D eigenvalue weighted by atomic mass is 16.5. The summed E-state index contributed by atoms with van der Waals surface area (Å²) < 4.78 is 12.2. The first-order chi connectivity index (χ1) is 10.2. The van der Waals surface area contributed by atoms with E-state index in [4.69, 9.17) is 9.47 Å². The largest absolute Gasteiger partial charge is 0.497 e. The van der Waals surface area contributed by atoms with Crippen LogP contribution in [0.5, 0.6) is 11.5 Å². The minimum Gasteiger partial charge on any atom is -0.497 e. The molecule has 7 heteroatoms. The third kappa shape index (κ3) is 2.45. The Morgan fingerprint density at radius 2 is 1.76 bits per heavy atom. The van der Waals surface area contributed by atoms with Crippen LogP contribution in [-0.2, 0) is 7.05 Å². The van der Waals surface area contributed by atoms with Crippen LogP contribution in [0.1, 0.15) is 0 Å². The van der Waals surface area contributed by atoms with Crippen molar-refractivity contribution in [2.45, 2.75) is 0 Å². The molecule has 0 spiro atoms. The molecule has 0 aliphatic heterocycles. The maximum absolute atomic E-state index is 5.26. The molecule has 0 aliphatic rings. The topological polar surface area (TPSA) is 74.1 Å². The minimum absolute atomic E-state index is 0.684. The minimum atomic E-state index is 0.684. The second kappa shape index (κ2) is 5.28. The number of nitrogens with zero attached hydrogens (tertiary/aromatic N) is 4. The van der Waals surface area contributed by atoms with Crippen molar-refractivity contribution in [1.82, 2.24) is 19.7 Å². The Balaban J connectivity index is 2.02. The quantitative estimate of drug-likeness (QED) is 0.791. The number of hydrogen-bond donors (Lipinski definition) is 1. The van der Waals surface area contributed by atoms with Crippen LogP contribution >= 0.6 is 0 Å². The summed E-state index contributed by atoms with van der Waals surface area (Å²) >= 11 is 0. The summed E-state index contributed by atoms with van der Waals surface area (Å²) in [5.74, 6) is 2.09. The van der Waals surface area contributed by atoms with Crippen molar-refractivity contribution in [2.24, 2.45) is 7.05 Å². The fraction of sp³-hybridized carbons (Fsp3) is 0.214. The number of ether oxygens (including phenoxy) is 2. The zero-order chi connectivity index (χ0) is 14.8. The van der Waals surface area contributed by atoms with Gasteiger partial charge in [0.05, 0.1) is 25.8 Å². The standard InChI is InChI=1S/C14H15N5O2/c1-19-14-12(7-17-19)13(15-8-16-14)18-9-4-10(20-2)6-11(5-9)21-3/h4-8H,1-3H3,(H,15,16,18). The zero-order valence-corrected chi connectivity index (χ0v) is 12.0. The number of rotatable bonds is 4. The Bertz CT molecular complexity index is 762. The number of benzene rings is 1. The van der Waals surface area contributed by atoms with Gasteiger partial charge in [-0.25, -0.2) is 9.97 Å². The van der Waals surface area contributed by atoms with E-state index in [9.17, 15) is 0 Å². The highest BCUT2D eigenvalue weighted by Gasteiger charge is 2.09. The van der Waals surface area contributed by atoms with Gasteiger partial charge in [-0.2, -0.15) is 5.10 Å². The number of hydrogen-bond acceptors (Lipinski definition) is 6. The Kier molecular flexibility index (Phi) is 3.31. The molecule has 0 saturated heterocycles. The molecule has 0 fully saturated rings. The van der Waals surface area contributed by atoms with Gasteiger partial charge in [0.15, 0.2) is 5.65 Å². The predicted molar refractivity (Wildman–Crippen MR) is 79.1 cm³/mol. The normalized spacial score (nSPS) is 10.6. The average Bonchev–Trinajstić information content (AvgIpc) is 2.89. The van der Waals surface area contributed by atoms with Crippen LogP contribution in [0.4, 0.5) is 11.5 Å². The SMILES string of the molecule is COc1cc(Nc2ncnc3c2cnn3C)cc(OC)c1. The van der Waals surface area contributed by atoms with Gasteiger partial charge in [0.25, 0.3) is 0 Å². The third-order valence-electron chi connectivity index (χ3n) is 3.14. The molecule has 0 aliphatic carbocycles. The number of aromatic nitrogens is 4. The second-order valence-corrected chi connectivity index (χ2v) is 4.45. The van der Waals surface area contributed by atoms with Gasteiger partial charge in [0.1, 0.15) is 23.6 Å². The summed E-state index contributed by atoms with van der Waals surface area (Å²) in [5.41, 5.74) is 1.58. The molecular formula is C14H15N5O2. The van der Waals surface area contributed by atoms with Crippen LogP contribution in [0.15, 0.2) is 30.7 Å². The molecule has 0 unspecified atom stereocenters. The summed E-state index contributed by atoms with van der Waals surface area (Å²) in [6, 6.07) is 5.55. The van der Waals surface area contributed by atoms with Gasteiger partial charge >= 0.3 is 0 Å². The van der Waals surface area contributed by atoms with Crippen LogP contribution < -0.4 is 14.8 Å². The third-order valence-corrected chi connectivity index (χ3v) is 3.14. The molecule has 0 saturated carbocycles. The van der Waals surface area contributed by atoms with Crippen molar-refractivity contribution in [3.63, 3.8) is 0 Å². The molecule has 3 aromatic rings. The number of nitrogens with one attached hydrogen (secondary N) is 1. The van der Waals surface area contributed by atoms with E-state index in [0.29, 0.717) is 17.3 Å². The highest BCUT2D eigenvalue weighted by Crippen LogP contribution is 2.29. The molecule has 0 atom stereocenters. The molecule has 3 rings (SSSR count). The zero-order valence-electron chi connectivity index (χ0n) is 12.0.